The van der Waals surface area contributed by atoms with Crippen LogP contribution in [0, 0.1) is 0 Å². The fraction of sp³-hybridized carbons (Fsp3) is 0.333. The van der Waals surface area contributed by atoms with E-state index in [4.69, 9.17) is 4.74 Å². The number of hydrogen-bond donors (Lipinski definition) is 0. The molecule has 1 spiro atoms. The lowest BCUT2D eigenvalue weighted by molar-refractivity contribution is -0.0951. The molecule has 5 rings (SSSR count). The van der Waals surface area contributed by atoms with Gasteiger partial charge >= 0.3 is 0 Å². The van der Waals surface area contributed by atoms with E-state index in [1.807, 2.05) is 41.3 Å². The standard InChI is InChI=1S/C24H25N3O2/c1-26(14-18-7-3-2-4-8-18)20-13-24(29-15-20)16-27(17-24)23(28)22-21-10-6-5-9-19(21)11-12-25-22/h2-12,20H,13-17H2,1H3. The molecule has 0 radical (unpaired) electrons. The van der Waals surface area contributed by atoms with Gasteiger partial charge in [-0.3, -0.25) is 14.7 Å². The summed E-state index contributed by atoms with van der Waals surface area (Å²) in [6.45, 7) is 2.92. The van der Waals surface area contributed by atoms with Gasteiger partial charge in [0.05, 0.1) is 19.7 Å². The van der Waals surface area contributed by atoms with Gasteiger partial charge in [0.15, 0.2) is 0 Å². The van der Waals surface area contributed by atoms with Crippen LogP contribution < -0.4 is 0 Å². The molecule has 2 aliphatic heterocycles. The van der Waals surface area contributed by atoms with Gasteiger partial charge in [-0.1, -0.05) is 54.6 Å². The van der Waals surface area contributed by atoms with Crippen molar-refractivity contribution in [2.24, 2.45) is 0 Å². The molecule has 148 valence electrons. The molecular weight excluding hydrogens is 362 g/mol. The zero-order valence-corrected chi connectivity index (χ0v) is 16.6. The number of pyridine rings is 1. The van der Waals surface area contributed by atoms with Crippen LogP contribution in [0.3, 0.4) is 0 Å². The average molecular weight is 387 g/mol. The highest BCUT2D eigenvalue weighted by atomic mass is 16.5. The molecule has 1 amide bonds. The van der Waals surface area contributed by atoms with E-state index < -0.39 is 0 Å². The lowest BCUT2D eigenvalue weighted by atomic mass is 9.88. The molecule has 2 aromatic carbocycles. The summed E-state index contributed by atoms with van der Waals surface area (Å²) in [7, 11) is 2.15. The third-order valence-electron chi connectivity index (χ3n) is 6.21. The molecule has 1 unspecified atom stereocenters. The molecular formula is C24H25N3O2. The van der Waals surface area contributed by atoms with Crippen LogP contribution in [0.15, 0.2) is 66.9 Å². The van der Waals surface area contributed by atoms with Crippen molar-refractivity contribution in [1.29, 1.82) is 0 Å². The summed E-state index contributed by atoms with van der Waals surface area (Å²) in [5.74, 6) is -0.00267. The number of nitrogens with zero attached hydrogens (tertiary/aromatic N) is 3. The van der Waals surface area contributed by atoms with Crippen LogP contribution in [0.25, 0.3) is 10.8 Å². The smallest absolute Gasteiger partial charge is 0.273 e. The van der Waals surface area contributed by atoms with Crippen molar-refractivity contribution in [2.45, 2.75) is 24.6 Å². The number of likely N-dealkylation sites (N-methyl/N-ethyl adjacent to an activating group) is 1. The highest BCUT2D eigenvalue weighted by Crippen LogP contribution is 2.38. The largest absolute Gasteiger partial charge is 0.370 e. The van der Waals surface area contributed by atoms with Crippen LogP contribution in [0.1, 0.15) is 22.5 Å². The summed E-state index contributed by atoms with van der Waals surface area (Å²) in [5.41, 5.74) is 1.65. The summed E-state index contributed by atoms with van der Waals surface area (Å²) in [5, 5.41) is 1.95. The van der Waals surface area contributed by atoms with E-state index in [0.29, 0.717) is 24.8 Å². The minimum Gasteiger partial charge on any atom is -0.370 e. The van der Waals surface area contributed by atoms with E-state index in [0.717, 1.165) is 30.3 Å². The van der Waals surface area contributed by atoms with Gasteiger partial charge < -0.3 is 9.64 Å². The van der Waals surface area contributed by atoms with Crippen LogP contribution in [-0.2, 0) is 11.3 Å². The predicted octanol–water partition coefficient (Wildman–Crippen LogP) is 3.35. The van der Waals surface area contributed by atoms with E-state index in [1.54, 1.807) is 6.20 Å². The van der Waals surface area contributed by atoms with Gasteiger partial charge in [0.1, 0.15) is 11.3 Å². The van der Waals surface area contributed by atoms with E-state index in [2.05, 4.69) is 41.2 Å². The number of carbonyl (C=O) groups excluding carboxylic acids is 1. The highest BCUT2D eigenvalue weighted by molar-refractivity contribution is 6.05. The van der Waals surface area contributed by atoms with E-state index in [1.165, 1.54) is 5.56 Å². The molecule has 0 bridgehead atoms. The molecule has 0 N–H and O–H groups in total. The van der Waals surface area contributed by atoms with Crippen molar-refractivity contribution in [3.8, 4) is 0 Å². The van der Waals surface area contributed by atoms with Crippen LogP contribution >= 0.6 is 0 Å². The summed E-state index contributed by atoms with van der Waals surface area (Å²) in [6, 6.07) is 20.7. The van der Waals surface area contributed by atoms with E-state index in [9.17, 15) is 4.79 Å². The molecule has 1 aromatic heterocycles. The zero-order chi connectivity index (χ0) is 19.8. The zero-order valence-electron chi connectivity index (χ0n) is 16.6. The third kappa shape index (κ3) is 3.41. The fourth-order valence-corrected chi connectivity index (χ4v) is 4.56. The minimum atomic E-state index is -0.199. The number of amides is 1. The first-order valence-corrected chi connectivity index (χ1v) is 10.1. The summed E-state index contributed by atoms with van der Waals surface area (Å²) in [6.07, 6.45) is 2.68. The van der Waals surface area contributed by atoms with Crippen molar-refractivity contribution < 1.29 is 9.53 Å². The number of hydrogen-bond acceptors (Lipinski definition) is 4. The molecule has 2 aliphatic rings. The molecule has 0 aliphatic carbocycles. The number of ether oxygens (including phenoxy) is 1. The lowest BCUT2D eigenvalue weighted by Gasteiger charge is -2.47. The highest BCUT2D eigenvalue weighted by Gasteiger charge is 2.52. The monoisotopic (exact) mass is 387 g/mol. The number of benzene rings is 2. The normalized spacial score (nSPS) is 20.3. The molecule has 3 aromatic rings. The quantitative estimate of drug-likeness (QED) is 0.689. The Labute approximate surface area is 170 Å². The predicted molar refractivity (Wildman–Crippen MR) is 113 cm³/mol. The fourth-order valence-electron chi connectivity index (χ4n) is 4.56. The minimum absolute atomic E-state index is 0.00267. The van der Waals surface area contributed by atoms with Crippen LogP contribution in [-0.4, -0.2) is 59.1 Å². The summed E-state index contributed by atoms with van der Waals surface area (Å²) in [4.78, 5) is 21.6. The van der Waals surface area contributed by atoms with E-state index >= 15 is 0 Å². The molecule has 2 saturated heterocycles. The Balaban J connectivity index is 1.23. The molecule has 0 saturated carbocycles. The molecule has 29 heavy (non-hydrogen) atoms. The van der Waals surface area contributed by atoms with Gasteiger partial charge in [-0.25, -0.2) is 0 Å². The van der Waals surface area contributed by atoms with Crippen LogP contribution in [0.2, 0.25) is 0 Å². The number of rotatable bonds is 4. The summed E-state index contributed by atoms with van der Waals surface area (Å²) >= 11 is 0. The third-order valence-corrected chi connectivity index (χ3v) is 6.21. The van der Waals surface area contributed by atoms with Gasteiger partial charge in [-0.05, 0) is 30.5 Å². The molecule has 3 heterocycles. The maximum Gasteiger partial charge on any atom is 0.273 e. The van der Waals surface area contributed by atoms with Gasteiger partial charge in [-0.2, -0.15) is 0 Å². The first-order valence-electron chi connectivity index (χ1n) is 10.1. The van der Waals surface area contributed by atoms with Crippen molar-refractivity contribution >= 4 is 16.7 Å². The van der Waals surface area contributed by atoms with Gasteiger partial charge in [0.2, 0.25) is 0 Å². The van der Waals surface area contributed by atoms with Gasteiger partial charge in [-0.15, -0.1) is 0 Å². The van der Waals surface area contributed by atoms with Gasteiger partial charge in [0.25, 0.3) is 5.91 Å². The number of fused-ring (bicyclic) bond motifs is 1. The van der Waals surface area contributed by atoms with Crippen molar-refractivity contribution in [3.05, 3.63) is 78.1 Å². The van der Waals surface area contributed by atoms with Crippen molar-refractivity contribution in [3.63, 3.8) is 0 Å². The van der Waals surface area contributed by atoms with Crippen molar-refractivity contribution in [2.75, 3.05) is 26.7 Å². The lowest BCUT2D eigenvalue weighted by Crippen LogP contribution is -2.63. The maximum atomic E-state index is 13.0. The Hall–Kier alpha value is -2.76. The maximum absolute atomic E-state index is 13.0. The second-order valence-corrected chi connectivity index (χ2v) is 8.29. The first-order chi connectivity index (χ1) is 14.1. The SMILES string of the molecule is CN(Cc1ccccc1)C1COC2(C1)CN(C(=O)c1nccc3ccccc13)C2. The average Bonchev–Trinajstić information content (AvgIpc) is 3.19. The summed E-state index contributed by atoms with van der Waals surface area (Å²) < 4.78 is 6.20. The molecule has 2 fully saturated rings. The molecule has 1 atom stereocenters. The second kappa shape index (κ2) is 7.25. The molecule has 5 nitrogen and oxygen atoms in total. The number of likely N-dealkylation sites (tertiary alicyclic amines) is 1. The first kappa shape index (κ1) is 18.3. The van der Waals surface area contributed by atoms with E-state index in [-0.39, 0.29) is 11.5 Å². The Morgan fingerprint density at radius 1 is 1.14 bits per heavy atom. The second-order valence-electron chi connectivity index (χ2n) is 8.29. The Morgan fingerprint density at radius 2 is 1.90 bits per heavy atom. The number of aromatic nitrogens is 1. The molecule has 5 heteroatoms. The van der Waals surface area contributed by atoms with Gasteiger partial charge in [0, 0.05) is 24.2 Å². The Morgan fingerprint density at radius 3 is 2.72 bits per heavy atom. The topological polar surface area (TPSA) is 45.7 Å². The Bertz CT molecular complexity index is 1030. The number of carbonyl (C=O) groups is 1. The Kier molecular flexibility index (Phi) is 4.57. The van der Waals surface area contributed by atoms with Crippen LogP contribution in [0.5, 0.6) is 0 Å². The van der Waals surface area contributed by atoms with Crippen LogP contribution in [0.4, 0.5) is 0 Å². The van der Waals surface area contributed by atoms with Crippen molar-refractivity contribution in [1.82, 2.24) is 14.8 Å².